The van der Waals surface area contributed by atoms with Gasteiger partial charge in [-0.2, -0.15) is 0 Å². The highest BCUT2D eigenvalue weighted by molar-refractivity contribution is 5.95. The average molecular weight is 248 g/mol. The summed E-state index contributed by atoms with van der Waals surface area (Å²) in [6.07, 6.45) is 1.85. The number of hydrogen-bond acceptors (Lipinski definition) is 2. The monoisotopic (exact) mass is 248 g/mol. The molecule has 0 N–H and O–H groups in total. The fourth-order valence-corrected chi connectivity index (χ4v) is 2.25. The summed E-state index contributed by atoms with van der Waals surface area (Å²) in [5, 5.41) is 2.48. The molecule has 0 spiro atoms. The minimum atomic E-state index is 0.343. The third-order valence-electron chi connectivity index (χ3n) is 3.26. The average Bonchev–Trinajstić information content (AvgIpc) is 2.47. The van der Waals surface area contributed by atoms with Crippen LogP contribution in [-0.2, 0) is 0 Å². The molecule has 0 aliphatic heterocycles. The Labute approximate surface area is 113 Å². The number of nitrogens with zero attached hydrogens (tertiary/aromatic N) is 2. The molecular formula is C17H16N2. The van der Waals surface area contributed by atoms with E-state index in [1.807, 2.05) is 12.3 Å². The van der Waals surface area contributed by atoms with Crippen LogP contribution in [0.2, 0.25) is 0 Å². The van der Waals surface area contributed by atoms with Gasteiger partial charge in [0.1, 0.15) is 5.82 Å². The molecule has 0 saturated carbocycles. The van der Waals surface area contributed by atoms with E-state index in [1.54, 1.807) is 0 Å². The van der Waals surface area contributed by atoms with Gasteiger partial charge in [-0.15, -0.1) is 0 Å². The minimum Gasteiger partial charge on any atom is -0.241 e. The van der Waals surface area contributed by atoms with Crippen molar-refractivity contribution in [3.8, 4) is 11.3 Å². The molecule has 1 heterocycles. The van der Waals surface area contributed by atoms with Crippen molar-refractivity contribution in [2.45, 2.75) is 19.8 Å². The maximum atomic E-state index is 4.68. The van der Waals surface area contributed by atoms with Gasteiger partial charge in [0, 0.05) is 17.7 Å². The Hall–Kier alpha value is -2.22. The Bertz CT molecular complexity index is 712. The molecule has 94 valence electrons. The first-order valence-electron chi connectivity index (χ1n) is 6.57. The second kappa shape index (κ2) is 4.81. The second-order valence-corrected chi connectivity index (χ2v) is 4.98. The maximum absolute atomic E-state index is 4.68. The van der Waals surface area contributed by atoms with Gasteiger partial charge in [-0.3, -0.25) is 0 Å². The summed E-state index contributed by atoms with van der Waals surface area (Å²) in [6.45, 7) is 4.23. The lowest BCUT2D eigenvalue weighted by molar-refractivity contribution is 0.776. The highest BCUT2D eigenvalue weighted by Gasteiger charge is 2.07. The van der Waals surface area contributed by atoms with Crippen molar-refractivity contribution >= 4 is 10.8 Å². The fourth-order valence-electron chi connectivity index (χ4n) is 2.25. The van der Waals surface area contributed by atoms with E-state index in [9.17, 15) is 0 Å². The Morgan fingerprint density at radius 1 is 0.895 bits per heavy atom. The quantitative estimate of drug-likeness (QED) is 0.671. The largest absolute Gasteiger partial charge is 0.241 e. The van der Waals surface area contributed by atoms with Crippen LogP contribution >= 0.6 is 0 Å². The number of rotatable bonds is 2. The molecule has 0 radical (unpaired) electrons. The molecular weight excluding hydrogens is 232 g/mol. The van der Waals surface area contributed by atoms with Gasteiger partial charge < -0.3 is 0 Å². The van der Waals surface area contributed by atoms with Gasteiger partial charge in [-0.1, -0.05) is 56.3 Å². The highest BCUT2D eigenvalue weighted by Crippen LogP contribution is 2.27. The zero-order valence-corrected chi connectivity index (χ0v) is 11.2. The molecule has 0 aliphatic rings. The Kier molecular flexibility index (Phi) is 3.00. The molecule has 3 rings (SSSR count). The number of aromatic nitrogens is 2. The minimum absolute atomic E-state index is 0.343. The van der Waals surface area contributed by atoms with E-state index in [2.05, 4.69) is 66.3 Å². The molecule has 19 heavy (non-hydrogen) atoms. The third-order valence-corrected chi connectivity index (χ3v) is 3.26. The lowest BCUT2D eigenvalue weighted by atomic mass is 10.0. The van der Waals surface area contributed by atoms with Crippen molar-refractivity contribution < 1.29 is 0 Å². The predicted octanol–water partition coefficient (Wildman–Crippen LogP) is 4.42. The van der Waals surface area contributed by atoms with Crippen LogP contribution in [0, 0.1) is 0 Å². The molecule has 1 aromatic heterocycles. The van der Waals surface area contributed by atoms with Crippen molar-refractivity contribution in [3.05, 3.63) is 60.6 Å². The summed E-state index contributed by atoms with van der Waals surface area (Å²) < 4.78 is 0. The van der Waals surface area contributed by atoms with E-state index < -0.39 is 0 Å². The molecule has 3 aromatic rings. The second-order valence-electron chi connectivity index (χ2n) is 4.98. The predicted molar refractivity (Wildman–Crippen MR) is 79.1 cm³/mol. The van der Waals surface area contributed by atoms with Crippen LogP contribution < -0.4 is 0 Å². The molecule has 2 heteroatoms. The van der Waals surface area contributed by atoms with Crippen molar-refractivity contribution in [3.63, 3.8) is 0 Å². The van der Waals surface area contributed by atoms with E-state index in [-0.39, 0.29) is 0 Å². The lowest BCUT2D eigenvalue weighted by Crippen LogP contribution is -1.98. The van der Waals surface area contributed by atoms with Gasteiger partial charge >= 0.3 is 0 Å². The highest BCUT2D eigenvalue weighted by atomic mass is 14.9. The first-order chi connectivity index (χ1) is 9.25. The standard InChI is InChI=1S/C17H16N2/c1-12(2)17-18-11-10-16(19-17)15-9-5-7-13-6-3-4-8-14(13)15/h3-12H,1-2H3. The number of fused-ring (bicyclic) bond motifs is 1. The number of benzene rings is 2. The van der Waals surface area contributed by atoms with Crippen molar-refractivity contribution in [2.24, 2.45) is 0 Å². The SMILES string of the molecule is CC(C)c1nccc(-c2cccc3ccccc23)n1. The van der Waals surface area contributed by atoms with Crippen LogP contribution in [0.25, 0.3) is 22.0 Å². The third kappa shape index (κ3) is 2.22. The molecule has 0 aliphatic carbocycles. The molecule has 0 unspecified atom stereocenters. The maximum Gasteiger partial charge on any atom is 0.131 e. The zero-order chi connectivity index (χ0) is 13.2. The van der Waals surface area contributed by atoms with Gasteiger partial charge in [0.05, 0.1) is 5.69 Å². The number of hydrogen-bond donors (Lipinski definition) is 0. The van der Waals surface area contributed by atoms with Crippen LogP contribution in [0.4, 0.5) is 0 Å². The Balaban J connectivity index is 2.22. The van der Waals surface area contributed by atoms with Crippen molar-refractivity contribution in [2.75, 3.05) is 0 Å². The molecule has 2 aromatic carbocycles. The van der Waals surface area contributed by atoms with Gasteiger partial charge in [0.25, 0.3) is 0 Å². The summed E-state index contributed by atoms with van der Waals surface area (Å²) in [4.78, 5) is 9.01. The Morgan fingerprint density at radius 2 is 1.68 bits per heavy atom. The summed E-state index contributed by atoms with van der Waals surface area (Å²) in [5.74, 6) is 1.24. The lowest BCUT2D eigenvalue weighted by Gasteiger charge is -2.08. The smallest absolute Gasteiger partial charge is 0.131 e. The topological polar surface area (TPSA) is 25.8 Å². The first-order valence-corrected chi connectivity index (χ1v) is 6.57. The first kappa shape index (κ1) is 11.8. The van der Waals surface area contributed by atoms with Gasteiger partial charge in [-0.05, 0) is 16.8 Å². The van der Waals surface area contributed by atoms with Crippen LogP contribution in [0.15, 0.2) is 54.7 Å². The Morgan fingerprint density at radius 3 is 2.53 bits per heavy atom. The van der Waals surface area contributed by atoms with Crippen LogP contribution in [0.3, 0.4) is 0 Å². The van der Waals surface area contributed by atoms with E-state index in [1.165, 1.54) is 16.3 Å². The molecule has 0 atom stereocenters. The molecule has 0 amide bonds. The molecule has 0 bridgehead atoms. The van der Waals surface area contributed by atoms with Gasteiger partial charge in [0.2, 0.25) is 0 Å². The summed E-state index contributed by atoms with van der Waals surface area (Å²) >= 11 is 0. The normalized spacial score (nSPS) is 11.1. The molecule has 2 nitrogen and oxygen atoms in total. The fraction of sp³-hybridized carbons (Fsp3) is 0.176. The zero-order valence-electron chi connectivity index (χ0n) is 11.2. The van der Waals surface area contributed by atoms with E-state index in [4.69, 9.17) is 0 Å². The van der Waals surface area contributed by atoms with Crippen molar-refractivity contribution in [1.29, 1.82) is 0 Å². The summed E-state index contributed by atoms with van der Waals surface area (Å²) in [5.41, 5.74) is 2.16. The molecule has 0 saturated heterocycles. The van der Waals surface area contributed by atoms with Crippen LogP contribution in [-0.4, -0.2) is 9.97 Å². The van der Waals surface area contributed by atoms with Gasteiger partial charge in [-0.25, -0.2) is 9.97 Å². The van der Waals surface area contributed by atoms with Crippen LogP contribution in [0.5, 0.6) is 0 Å². The molecule has 0 fully saturated rings. The van der Waals surface area contributed by atoms with E-state index in [0.29, 0.717) is 5.92 Å². The van der Waals surface area contributed by atoms with Gasteiger partial charge in [0.15, 0.2) is 0 Å². The van der Waals surface area contributed by atoms with E-state index >= 15 is 0 Å². The van der Waals surface area contributed by atoms with Crippen LogP contribution in [0.1, 0.15) is 25.6 Å². The van der Waals surface area contributed by atoms with Crippen molar-refractivity contribution in [1.82, 2.24) is 9.97 Å². The van der Waals surface area contributed by atoms with E-state index in [0.717, 1.165) is 11.5 Å². The summed E-state index contributed by atoms with van der Waals surface area (Å²) in [7, 11) is 0. The summed E-state index contributed by atoms with van der Waals surface area (Å²) in [6, 6.07) is 16.7.